The van der Waals surface area contributed by atoms with Crippen molar-refractivity contribution in [2.24, 2.45) is 0 Å². The van der Waals surface area contributed by atoms with E-state index in [4.69, 9.17) is 9.84 Å². The lowest BCUT2D eigenvalue weighted by atomic mass is 9.88. The first-order chi connectivity index (χ1) is 9.84. The molecular formula is C16H20N2O3. The molecule has 0 fully saturated rings. The summed E-state index contributed by atoms with van der Waals surface area (Å²) in [4.78, 5) is 11.2. The van der Waals surface area contributed by atoms with E-state index in [-0.39, 0.29) is 11.8 Å². The third-order valence-electron chi connectivity index (χ3n) is 3.17. The highest BCUT2D eigenvalue weighted by molar-refractivity contribution is 5.72. The lowest BCUT2D eigenvalue weighted by Crippen LogP contribution is -2.16. The Balaban J connectivity index is 2.67. The SMILES string of the molecule is COc1c(CC(=O)O)c(C(C)(C)C)nn1-c1ccccc1. The fourth-order valence-corrected chi connectivity index (χ4v) is 2.30. The van der Waals surface area contributed by atoms with Gasteiger partial charge >= 0.3 is 5.97 Å². The van der Waals surface area contributed by atoms with E-state index in [2.05, 4.69) is 5.10 Å². The van der Waals surface area contributed by atoms with E-state index in [1.807, 2.05) is 51.1 Å². The van der Waals surface area contributed by atoms with Gasteiger partial charge < -0.3 is 9.84 Å². The van der Waals surface area contributed by atoms with Crippen molar-refractivity contribution in [2.45, 2.75) is 32.6 Å². The summed E-state index contributed by atoms with van der Waals surface area (Å²) in [5, 5.41) is 13.8. The number of methoxy groups -OCH3 is 1. The van der Waals surface area contributed by atoms with Crippen LogP contribution in [-0.4, -0.2) is 28.0 Å². The molecule has 21 heavy (non-hydrogen) atoms. The van der Waals surface area contributed by atoms with E-state index in [9.17, 15) is 4.79 Å². The van der Waals surface area contributed by atoms with Crippen molar-refractivity contribution in [2.75, 3.05) is 7.11 Å². The van der Waals surface area contributed by atoms with Gasteiger partial charge in [0.15, 0.2) is 0 Å². The van der Waals surface area contributed by atoms with Crippen LogP contribution in [0.1, 0.15) is 32.0 Å². The monoisotopic (exact) mass is 288 g/mol. The highest BCUT2D eigenvalue weighted by Gasteiger charge is 2.29. The zero-order valence-electron chi connectivity index (χ0n) is 12.8. The van der Waals surface area contributed by atoms with Crippen molar-refractivity contribution in [1.82, 2.24) is 9.78 Å². The summed E-state index contributed by atoms with van der Waals surface area (Å²) in [6, 6.07) is 9.55. The Morgan fingerprint density at radius 3 is 2.38 bits per heavy atom. The molecule has 2 aromatic rings. The van der Waals surface area contributed by atoms with Crippen molar-refractivity contribution in [3.05, 3.63) is 41.6 Å². The molecule has 0 aliphatic heterocycles. The van der Waals surface area contributed by atoms with Gasteiger partial charge in [-0.15, -0.1) is 0 Å². The quantitative estimate of drug-likeness (QED) is 0.939. The first-order valence-electron chi connectivity index (χ1n) is 6.78. The van der Waals surface area contributed by atoms with Crippen LogP contribution in [0.25, 0.3) is 5.69 Å². The molecule has 0 aliphatic carbocycles. The average Bonchev–Trinajstić information content (AvgIpc) is 2.77. The molecule has 2 rings (SSSR count). The van der Waals surface area contributed by atoms with Crippen LogP contribution in [-0.2, 0) is 16.6 Å². The third kappa shape index (κ3) is 3.07. The molecule has 0 saturated heterocycles. The Labute approximate surface area is 124 Å². The van der Waals surface area contributed by atoms with Crippen molar-refractivity contribution in [1.29, 1.82) is 0 Å². The topological polar surface area (TPSA) is 64.3 Å². The van der Waals surface area contributed by atoms with Gasteiger partial charge in [0.25, 0.3) is 0 Å². The summed E-state index contributed by atoms with van der Waals surface area (Å²) in [7, 11) is 1.54. The van der Waals surface area contributed by atoms with Crippen molar-refractivity contribution >= 4 is 5.97 Å². The zero-order valence-corrected chi connectivity index (χ0v) is 12.8. The predicted molar refractivity (Wildman–Crippen MR) is 80.2 cm³/mol. The molecule has 0 unspecified atom stereocenters. The van der Waals surface area contributed by atoms with Gasteiger partial charge in [0.2, 0.25) is 5.88 Å². The summed E-state index contributed by atoms with van der Waals surface area (Å²) in [5.41, 5.74) is 1.95. The summed E-state index contributed by atoms with van der Waals surface area (Å²) < 4.78 is 7.11. The van der Waals surface area contributed by atoms with Crippen molar-refractivity contribution in [3.63, 3.8) is 0 Å². The number of ether oxygens (including phenoxy) is 1. The van der Waals surface area contributed by atoms with Gasteiger partial charge in [-0.3, -0.25) is 4.79 Å². The molecule has 0 bridgehead atoms. The minimum atomic E-state index is -0.897. The van der Waals surface area contributed by atoms with Crippen LogP contribution in [0.4, 0.5) is 0 Å². The lowest BCUT2D eigenvalue weighted by Gasteiger charge is -2.16. The number of hydrogen-bond acceptors (Lipinski definition) is 3. The van der Waals surface area contributed by atoms with E-state index in [1.54, 1.807) is 4.68 Å². The Morgan fingerprint density at radius 2 is 1.90 bits per heavy atom. The number of hydrogen-bond donors (Lipinski definition) is 1. The van der Waals surface area contributed by atoms with Gasteiger partial charge in [0.05, 0.1) is 24.9 Å². The average molecular weight is 288 g/mol. The molecule has 112 valence electrons. The fourth-order valence-electron chi connectivity index (χ4n) is 2.30. The zero-order chi connectivity index (χ0) is 15.6. The molecule has 0 amide bonds. The van der Waals surface area contributed by atoms with E-state index >= 15 is 0 Å². The Bertz CT molecular complexity index is 640. The maximum Gasteiger partial charge on any atom is 0.308 e. The maximum atomic E-state index is 11.2. The molecule has 1 aromatic carbocycles. The molecule has 5 nitrogen and oxygen atoms in total. The molecule has 0 aliphatic rings. The van der Waals surface area contributed by atoms with Gasteiger partial charge in [-0.1, -0.05) is 39.0 Å². The number of rotatable bonds is 4. The maximum absolute atomic E-state index is 11.2. The van der Waals surface area contributed by atoms with Crippen LogP contribution in [0.5, 0.6) is 5.88 Å². The molecule has 1 N–H and O–H groups in total. The van der Waals surface area contributed by atoms with E-state index in [1.165, 1.54) is 7.11 Å². The first kappa shape index (κ1) is 15.1. The standard InChI is InChI=1S/C16H20N2O3/c1-16(2,3)14-12(10-13(19)20)15(21-4)18(17-14)11-8-6-5-7-9-11/h5-9H,10H2,1-4H3,(H,19,20). The van der Waals surface area contributed by atoms with Gasteiger partial charge in [0, 0.05) is 11.0 Å². The van der Waals surface area contributed by atoms with Crippen molar-refractivity contribution < 1.29 is 14.6 Å². The Morgan fingerprint density at radius 1 is 1.29 bits per heavy atom. The van der Waals surface area contributed by atoms with E-state index in [0.29, 0.717) is 11.4 Å². The summed E-state index contributed by atoms with van der Waals surface area (Å²) >= 11 is 0. The summed E-state index contributed by atoms with van der Waals surface area (Å²) in [5.74, 6) is -0.417. The van der Waals surface area contributed by atoms with Crippen molar-refractivity contribution in [3.8, 4) is 11.6 Å². The number of aromatic nitrogens is 2. The second-order valence-corrected chi connectivity index (χ2v) is 5.90. The van der Waals surface area contributed by atoms with Crippen LogP contribution in [0.3, 0.4) is 0 Å². The number of carboxylic acid groups (broad SMARTS) is 1. The fraction of sp³-hybridized carbons (Fsp3) is 0.375. The minimum absolute atomic E-state index is 0.109. The molecule has 1 aromatic heterocycles. The van der Waals surface area contributed by atoms with E-state index in [0.717, 1.165) is 11.4 Å². The first-order valence-corrected chi connectivity index (χ1v) is 6.78. The Kier molecular flexibility index (Phi) is 4.02. The molecule has 5 heteroatoms. The normalized spacial score (nSPS) is 11.4. The van der Waals surface area contributed by atoms with Gasteiger partial charge in [0.1, 0.15) is 0 Å². The number of para-hydroxylation sites is 1. The summed E-state index contributed by atoms with van der Waals surface area (Å²) in [6.07, 6.45) is -0.109. The number of benzene rings is 1. The van der Waals surface area contributed by atoms with E-state index < -0.39 is 5.97 Å². The van der Waals surface area contributed by atoms with Crippen LogP contribution in [0, 0.1) is 0 Å². The predicted octanol–water partition coefficient (Wildman–Crippen LogP) is 2.81. The second kappa shape index (κ2) is 5.60. The van der Waals surface area contributed by atoms with Crippen LogP contribution in [0.2, 0.25) is 0 Å². The van der Waals surface area contributed by atoms with Crippen LogP contribution >= 0.6 is 0 Å². The van der Waals surface area contributed by atoms with Gasteiger partial charge in [-0.2, -0.15) is 5.10 Å². The summed E-state index contributed by atoms with van der Waals surface area (Å²) in [6.45, 7) is 6.03. The largest absolute Gasteiger partial charge is 0.481 e. The second-order valence-electron chi connectivity index (χ2n) is 5.90. The van der Waals surface area contributed by atoms with Crippen LogP contribution in [0.15, 0.2) is 30.3 Å². The van der Waals surface area contributed by atoms with Crippen LogP contribution < -0.4 is 4.74 Å². The molecular weight excluding hydrogens is 268 g/mol. The highest BCUT2D eigenvalue weighted by atomic mass is 16.5. The molecule has 0 spiro atoms. The number of nitrogens with zero attached hydrogens (tertiary/aromatic N) is 2. The number of carbonyl (C=O) groups is 1. The molecule has 0 saturated carbocycles. The number of aliphatic carboxylic acids is 1. The van der Waals surface area contributed by atoms with Gasteiger partial charge in [-0.25, -0.2) is 4.68 Å². The lowest BCUT2D eigenvalue weighted by molar-refractivity contribution is -0.136. The smallest absolute Gasteiger partial charge is 0.308 e. The Hall–Kier alpha value is -2.30. The highest BCUT2D eigenvalue weighted by Crippen LogP contribution is 2.33. The van der Waals surface area contributed by atoms with Gasteiger partial charge in [-0.05, 0) is 12.1 Å². The molecule has 0 atom stereocenters. The number of carboxylic acids is 1. The third-order valence-corrected chi connectivity index (χ3v) is 3.17. The molecule has 0 radical (unpaired) electrons. The molecule has 1 heterocycles. The minimum Gasteiger partial charge on any atom is -0.481 e.